The van der Waals surface area contributed by atoms with Crippen LogP contribution >= 0.6 is 0 Å². The van der Waals surface area contributed by atoms with Crippen LogP contribution in [0.25, 0.3) is 21.8 Å². The van der Waals surface area contributed by atoms with Crippen LogP contribution in [0.2, 0.25) is 0 Å². The molecule has 0 fully saturated rings. The van der Waals surface area contributed by atoms with Crippen molar-refractivity contribution in [2.24, 2.45) is 5.14 Å². The van der Waals surface area contributed by atoms with Crippen LogP contribution in [-0.4, -0.2) is 59.4 Å². The minimum atomic E-state index is -3.76. The van der Waals surface area contributed by atoms with E-state index in [1.807, 2.05) is 6.07 Å². The average molecular weight is 546 g/mol. The number of ether oxygens (including phenoxy) is 1. The number of hydrogen-bond acceptors (Lipinski definition) is 8. The van der Waals surface area contributed by atoms with Gasteiger partial charge in [-0.1, -0.05) is 18.2 Å². The fraction of sp³-hybridized carbons (Fsp3) is 0.261. The molecular weight excluding hydrogens is 524 g/mol. The van der Waals surface area contributed by atoms with Gasteiger partial charge >= 0.3 is 0 Å². The number of rotatable bonds is 10. The Labute approximate surface area is 214 Å². The second-order valence-corrected chi connectivity index (χ2v) is 9.95. The molecule has 1 amide bonds. The summed E-state index contributed by atoms with van der Waals surface area (Å²) in [4.78, 5) is 32.8. The van der Waals surface area contributed by atoms with Crippen molar-refractivity contribution in [1.82, 2.24) is 25.1 Å². The van der Waals surface area contributed by atoms with Gasteiger partial charge in [0.1, 0.15) is 30.8 Å². The number of nitriles is 1. The molecule has 0 bridgehead atoms. The molecule has 0 radical (unpaired) electrons. The zero-order valence-corrected chi connectivity index (χ0v) is 20.5. The summed E-state index contributed by atoms with van der Waals surface area (Å²) in [6.07, 6.45) is -2.62. The van der Waals surface area contributed by atoms with Gasteiger partial charge in [0.25, 0.3) is 12.0 Å². The number of nitrogens with zero attached hydrogens (tertiary/aromatic N) is 4. The Morgan fingerprint density at radius 2 is 2.00 bits per heavy atom. The maximum absolute atomic E-state index is 12.9. The molecular formula is C23H21F2N7O5S. The molecule has 0 spiro atoms. The number of H-pyrrole nitrogens is 1. The Balaban J connectivity index is 1.65. The molecule has 0 saturated heterocycles. The highest BCUT2D eigenvalue weighted by Gasteiger charge is 2.17. The SMILES string of the molecule is N#Cc1cc2[nH]c(Cc3nn(CC(=O)NCCS(N)(=O)=O)c(=O)c4ccccc34)nc2cc1OCC(F)F. The summed E-state index contributed by atoms with van der Waals surface area (Å²) in [5, 5.41) is 21.8. The van der Waals surface area contributed by atoms with Crippen LogP contribution in [0.3, 0.4) is 0 Å². The predicted molar refractivity (Wildman–Crippen MR) is 132 cm³/mol. The summed E-state index contributed by atoms with van der Waals surface area (Å²) in [5.41, 5.74) is 0.781. The third-order valence-corrected chi connectivity index (χ3v) is 6.17. The van der Waals surface area contributed by atoms with Gasteiger partial charge in [0.05, 0.1) is 39.9 Å². The molecule has 0 aliphatic carbocycles. The van der Waals surface area contributed by atoms with Crippen molar-refractivity contribution in [2.75, 3.05) is 18.9 Å². The smallest absolute Gasteiger partial charge is 0.275 e. The third-order valence-electron chi connectivity index (χ3n) is 5.40. The van der Waals surface area contributed by atoms with E-state index in [4.69, 9.17) is 9.88 Å². The van der Waals surface area contributed by atoms with Crippen LogP contribution < -0.4 is 20.8 Å². The number of hydrogen-bond donors (Lipinski definition) is 3. The van der Waals surface area contributed by atoms with Gasteiger partial charge in [0, 0.05) is 18.0 Å². The first-order valence-electron chi connectivity index (χ1n) is 11.1. The standard InChI is InChI=1S/C23H21F2N7O5S/c24-20(25)12-37-19-8-18-17(7-13(19)10-26)29-21(30-18)9-16-14-3-1-2-4-15(14)23(34)32(31-16)11-22(33)28-5-6-38(27,35)36/h1-4,7-8,20H,5-6,9,11-12H2,(H,28,33)(H,29,30)(H2,27,35,36). The van der Waals surface area contributed by atoms with E-state index in [0.717, 1.165) is 4.68 Å². The number of alkyl halides is 2. The summed E-state index contributed by atoms with van der Waals surface area (Å²) in [6, 6.07) is 11.4. The summed E-state index contributed by atoms with van der Waals surface area (Å²) in [7, 11) is -3.76. The highest BCUT2D eigenvalue weighted by atomic mass is 32.2. The summed E-state index contributed by atoms with van der Waals surface area (Å²) >= 11 is 0. The Kier molecular flexibility index (Phi) is 7.65. The fourth-order valence-electron chi connectivity index (χ4n) is 3.76. The summed E-state index contributed by atoms with van der Waals surface area (Å²) < 4.78 is 53.3. The van der Waals surface area contributed by atoms with E-state index in [0.29, 0.717) is 33.3 Å². The molecule has 15 heteroatoms. The molecule has 4 rings (SSSR count). The van der Waals surface area contributed by atoms with Crippen molar-refractivity contribution in [2.45, 2.75) is 19.4 Å². The topological polar surface area (TPSA) is 186 Å². The van der Waals surface area contributed by atoms with E-state index in [1.165, 1.54) is 12.1 Å². The molecule has 0 atom stereocenters. The first-order valence-corrected chi connectivity index (χ1v) is 12.8. The Morgan fingerprint density at radius 3 is 2.68 bits per heavy atom. The number of imidazole rings is 1. The lowest BCUT2D eigenvalue weighted by atomic mass is 10.1. The molecule has 4 aromatic rings. The molecule has 38 heavy (non-hydrogen) atoms. The van der Waals surface area contributed by atoms with Crippen LogP contribution in [0.5, 0.6) is 5.75 Å². The number of benzene rings is 2. The second kappa shape index (κ2) is 10.9. The van der Waals surface area contributed by atoms with Crippen LogP contribution in [0.4, 0.5) is 8.78 Å². The molecule has 2 aromatic heterocycles. The number of fused-ring (bicyclic) bond motifs is 2. The number of primary sulfonamides is 1. The monoisotopic (exact) mass is 545 g/mol. The molecule has 12 nitrogen and oxygen atoms in total. The van der Waals surface area contributed by atoms with Crippen molar-refractivity contribution in [3.05, 3.63) is 63.8 Å². The predicted octanol–water partition coefficient (Wildman–Crippen LogP) is 0.784. The van der Waals surface area contributed by atoms with E-state index < -0.39 is 46.8 Å². The zero-order chi connectivity index (χ0) is 27.4. The number of carbonyl (C=O) groups is 1. The Hall–Kier alpha value is -4.42. The molecule has 0 saturated carbocycles. The van der Waals surface area contributed by atoms with Crippen molar-refractivity contribution in [3.8, 4) is 11.8 Å². The van der Waals surface area contributed by atoms with Crippen molar-refractivity contribution in [3.63, 3.8) is 0 Å². The molecule has 0 aliphatic heterocycles. The summed E-state index contributed by atoms with van der Waals surface area (Å²) in [6.45, 7) is -1.55. The number of nitrogens with two attached hydrogens (primary N) is 1. The van der Waals surface area contributed by atoms with E-state index in [-0.39, 0.29) is 24.3 Å². The maximum Gasteiger partial charge on any atom is 0.275 e. The van der Waals surface area contributed by atoms with Gasteiger partial charge in [-0.05, 0) is 12.1 Å². The number of carbonyl (C=O) groups excluding carboxylic acids is 1. The number of aromatic amines is 1. The highest BCUT2D eigenvalue weighted by Crippen LogP contribution is 2.26. The third kappa shape index (κ3) is 6.28. The number of amides is 1. The molecule has 0 aliphatic rings. The lowest BCUT2D eigenvalue weighted by Gasteiger charge is -2.11. The van der Waals surface area contributed by atoms with Gasteiger partial charge < -0.3 is 15.0 Å². The summed E-state index contributed by atoms with van der Waals surface area (Å²) in [5.74, 6) is -0.716. The normalized spacial score (nSPS) is 11.7. The lowest BCUT2D eigenvalue weighted by molar-refractivity contribution is -0.121. The van der Waals surface area contributed by atoms with Gasteiger partial charge in [-0.3, -0.25) is 9.59 Å². The molecule has 2 aromatic carbocycles. The number of nitrogens with one attached hydrogen (secondary N) is 2. The number of halogens is 2. The first kappa shape index (κ1) is 26.6. The van der Waals surface area contributed by atoms with Crippen LogP contribution in [0.1, 0.15) is 17.1 Å². The minimum absolute atomic E-state index is 0.0241. The fourth-order valence-corrected chi connectivity index (χ4v) is 4.15. The Morgan fingerprint density at radius 1 is 1.26 bits per heavy atom. The van der Waals surface area contributed by atoms with Crippen molar-refractivity contribution in [1.29, 1.82) is 5.26 Å². The van der Waals surface area contributed by atoms with E-state index in [9.17, 15) is 32.0 Å². The molecule has 2 heterocycles. The molecule has 0 unspecified atom stereocenters. The minimum Gasteiger partial charge on any atom is -0.486 e. The average Bonchev–Trinajstić information content (AvgIpc) is 3.25. The maximum atomic E-state index is 12.9. The van der Waals surface area contributed by atoms with Gasteiger partial charge in [0.15, 0.2) is 0 Å². The zero-order valence-electron chi connectivity index (χ0n) is 19.6. The van der Waals surface area contributed by atoms with Gasteiger partial charge in [0.2, 0.25) is 15.9 Å². The Bertz CT molecular complexity index is 1730. The molecule has 198 valence electrons. The van der Waals surface area contributed by atoms with E-state index in [1.54, 1.807) is 24.3 Å². The van der Waals surface area contributed by atoms with Crippen LogP contribution in [-0.2, 0) is 27.8 Å². The molecule has 4 N–H and O–H groups in total. The van der Waals surface area contributed by atoms with Gasteiger partial charge in [-0.25, -0.2) is 32.0 Å². The quantitative estimate of drug-likeness (QED) is 0.261. The number of aromatic nitrogens is 4. The van der Waals surface area contributed by atoms with Crippen LogP contribution in [0.15, 0.2) is 41.2 Å². The van der Waals surface area contributed by atoms with Crippen molar-refractivity contribution >= 4 is 37.7 Å². The second-order valence-electron chi connectivity index (χ2n) is 8.21. The van der Waals surface area contributed by atoms with Gasteiger partial charge in [-0.2, -0.15) is 10.4 Å². The van der Waals surface area contributed by atoms with Crippen LogP contribution in [0, 0.1) is 11.3 Å². The van der Waals surface area contributed by atoms with E-state index in [2.05, 4.69) is 20.4 Å². The lowest BCUT2D eigenvalue weighted by Crippen LogP contribution is -2.37. The van der Waals surface area contributed by atoms with E-state index >= 15 is 0 Å². The largest absolute Gasteiger partial charge is 0.486 e. The highest BCUT2D eigenvalue weighted by molar-refractivity contribution is 7.89. The first-order chi connectivity index (χ1) is 18.0. The number of sulfonamides is 1. The van der Waals surface area contributed by atoms with Gasteiger partial charge in [-0.15, -0.1) is 0 Å². The van der Waals surface area contributed by atoms with Crippen molar-refractivity contribution < 1.29 is 26.7 Å².